The number of rotatable bonds is 9. The van der Waals surface area contributed by atoms with Gasteiger partial charge in [0.25, 0.3) is 22.3 Å². The van der Waals surface area contributed by atoms with E-state index in [2.05, 4.69) is 96.8 Å². The minimum absolute atomic E-state index is 0.134. The Kier molecular flexibility index (Phi) is 26.6. The molecule has 3 aromatic heterocycles. The molecule has 30 heteroatoms. The van der Waals surface area contributed by atoms with E-state index in [0.717, 1.165) is 33.8 Å². The first-order valence-electron chi connectivity index (χ1n) is 41.9. The topological polar surface area (TPSA) is 207 Å². The predicted octanol–water partition coefficient (Wildman–Crippen LogP) is 23.0. The third-order valence-corrected chi connectivity index (χ3v) is 29.5. The number of fused-ring (bicyclic) bond motifs is 3. The molecule has 6 aliphatic rings. The van der Waals surface area contributed by atoms with Crippen LogP contribution in [0.3, 0.4) is 0 Å². The summed E-state index contributed by atoms with van der Waals surface area (Å²) < 4.78 is 109. The second-order valence-electron chi connectivity index (χ2n) is 36.2. The van der Waals surface area contributed by atoms with Crippen LogP contribution in [0.2, 0.25) is 15.1 Å². The fraction of sp³-hybridized carbons (Fsp3) is 0.344. The highest BCUT2D eigenvalue weighted by molar-refractivity contribution is 7.65. The number of pyridine rings is 3. The van der Waals surface area contributed by atoms with Crippen molar-refractivity contribution in [1.29, 1.82) is 0 Å². The van der Waals surface area contributed by atoms with Gasteiger partial charge in [-0.05, 0) is 166 Å². The monoisotopic (exact) mass is 1820 g/mol. The molecule has 0 bridgehead atoms. The number of nitrogens with zero attached hydrogens (tertiary/aromatic N) is 15. The van der Waals surface area contributed by atoms with Crippen LogP contribution in [0.4, 0.5) is 47.7 Å². The van der Waals surface area contributed by atoms with Crippen LogP contribution >= 0.6 is 57.1 Å². The number of hydrogen-bond donors (Lipinski definition) is 0. The molecule has 3 saturated heterocycles. The number of anilines is 6. The van der Waals surface area contributed by atoms with Crippen molar-refractivity contribution in [1.82, 2.24) is 44.4 Å². The van der Waals surface area contributed by atoms with Gasteiger partial charge in [-0.1, -0.05) is 208 Å². The van der Waals surface area contributed by atoms with Gasteiger partial charge in [-0.2, -0.15) is 14.3 Å². The van der Waals surface area contributed by atoms with E-state index in [1.807, 2.05) is 114 Å². The summed E-state index contributed by atoms with van der Waals surface area (Å²) in [7, 11) is -10.5. The molecule has 9 aromatic rings. The van der Waals surface area contributed by atoms with Crippen molar-refractivity contribution in [2.45, 2.75) is 156 Å². The fourth-order valence-corrected chi connectivity index (χ4v) is 23.3. The summed E-state index contributed by atoms with van der Waals surface area (Å²) in [5, 5.41) is 0.763. The number of carbonyl (C=O) groups excluding carboxylic acids is 3. The van der Waals surface area contributed by atoms with Gasteiger partial charge in [0.15, 0.2) is 17.5 Å². The van der Waals surface area contributed by atoms with Crippen LogP contribution in [-0.4, -0.2) is 175 Å². The molecule has 15 rings (SSSR count). The molecule has 126 heavy (non-hydrogen) atoms. The van der Waals surface area contributed by atoms with Gasteiger partial charge in [-0.3, -0.25) is 42.1 Å². The zero-order valence-electron chi connectivity index (χ0n) is 74.4. The molecule has 6 aromatic carbocycles. The van der Waals surface area contributed by atoms with E-state index in [0.29, 0.717) is 90.9 Å². The number of halogens is 6. The van der Waals surface area contributed by atoms with E-state index < -0.39 is 39.8 Å². The Morgan fingerprint density at radius 1 is 0.357 bits per heavy atom. The summed E-state index contributed by atoms with van der Waals surface area (Å²) in [6, 6.07) is 46.8. The van der Waals surface area contributed by atoms with E-state index in [1.54, 1.807) is 122 Å². The molecule has 3 amide bonds. The number of carbonyl (C=O) groups is 3. The van der Waals surface area contributed by atoms with Gasteiger partial charge in [0.1, 0.15) is 35.0 Å². The molecule has 9 atom stereocenters. The average molecular weight is 1820 g/mol. The lowest BCUT2D eigenvalue weighted by Gasteiger charge is -2.47. The number of piperazine rings is 3. The largest absolute Gasteiger partial charge is 0.349 e. The lowest BCUT2D eigenvalue weighted by atomic mass is 9.85. The van der Waals surface area contributed by atoms with Crippen molar-refractivity contribution < 1.29 is 41.3 Å². The Hall–Kier alpha value is -10.4. The highest BCUT2D eigenvalue weighted by atomic mass is 35.5. The Morgan fingerprint density at radius 3 is 0.802 bits per heavy atom. The van der Waals surface area contributed by atoms with Gasteiger partial charge in [0, 0.05) is 112 Å². The van der Waals surface area contributed by atoms with Gasteiger partial charge >= 0.3 is 0 Å². The molecule has 0 saturated carbocycles. The number of aromatic nitrogens is 3. The summed E-state index contributed by atoms with van der Waals surface area (Å²) in [5.41, 5.74) is 7.57. The van der Waals surface area contributed by atoms with Crippen molar-refractivity contribution in [2.24, 2.45) is 14.3 Å². The zero-order chi connectivity index (χ0) is 91.7. The number of amidine groups is 3. The normalized spacial score (nSPS) is 22.5. The molecule has 660 valence electrons. The van der Waals surface area contributed by atoms with Crippen molar-refractivity contribution >= 4 is 127 Å². The third kappa shape index (κ3) is 18.3. The summed E-state index contributed by atoms with van der Waals surface area (Å²) in [5.74, 6) is 0.925. The summed E-state index contributed by atoms with van der Waals surface area (Å²) in [6.45, 7) is 49.3. The molecule has 0 unspecified atom stereocenters. The number of para-hydroxylation sites is 3. The van der Waals surface area contributed by atoms with Crippen molar-refractivity contribution in [3.8, 4) is 33.8 Å². The van der Waals surface area contributed by atoms with E-state index in [1.165, 1.54) is 36.4 Å². The lowest BCUT2D eigenvalue weighted by molar-refractivity contribution is -0.131. The van der Waals surface area contributed by atoms with Gasteiger partial charge in [-0.15, -0.1) is 0 Å². The second-order valence-corrected chi connectivity index (χ2v) is 44.2. The maximum Gasteiger partial charge on any atom is 0.285 e. The summed E-state index contributed by atoms with van der Waals surface area (Å²) in [4.78, 5) is 64.0. The number of benzene rings is 6. The third-order valence-electron chi connectivity index (χ3n) is 23.5. The van der Waals surface area contributed by atoms with Gasteiger partial charge in [0.05, 0.1) is 65.9 Å². The first kappa shape index (κ1) is 93.2. The predicted molar refractivity (Wildman–Crippen MR) is 509 cm³/mol. The minimum Gasteiger partial charge on any atom is -0.349 e. The Labute approximate surface area is 752 Å². The van der Waals surface area contributed by atoms with Crippen molar-refractivity contribution in [2.75, 3.05) is 73.3 Å². The van der Waals surface area contributed by atoms with Crippen LogP contribution in [0.5, 0.6) is 0 Å². The van der Waals surface area contributed by atoms with Crippen LogP contribution in [0, 0.1) is 17.5 Å². The van der Waals surface area contributed by atoms with Crippen LogP contribution in [0.15, 0.2) is 216 Å². The van der Waals surface area contributed by atoms with Gasteiger partial charge in [0.2, 0.25) is 17.7 Å². The first-order valence-corrected chi connectivity index (χ1v) is 49.2. The quantitative estimate of drug-likeness (QED) is 0.0973. The Morgan fingerprint density at radius 2 is 0.579 bits per heavy atom. The minimum atomic E-state index is -3.51. The van der Waals surface area contributed by atoms with E-state index in [4.69, 9.17) is 64.0 Å². The Bertz CT molecular complexity index is 5530. The molecule has 3 fully saturated rings. The molecule has 0 N–H and O–H groups in total. The van der Waals surface area contributed by atoms with Crippen molar-refractivity contribution in [3.05, 3.63) is 268 Å². The molecule has 0 radical (unpaired) electrons. The maximum atomic E-state index is 15.0. The molecular formula is C96H108Cl3F3N15O6P3. The van der Waals surface area contributed by atoms with E-state index in [9.17, 15) is 28.1 Å². The summed E-state index contributed by atoms with van der Waals surface area (Å²) >= 11 is 20.5. The highest BCUT2D eigenvalue weighted by Crippen LogP contribution is 2.64. The molecular weight excluding hydrogens is 1720 g/mol. The van der Waals surface area contributed by atoms with Crippen LogP contribution < -0.4 is 14.0 Å². The molecule has 6 aliphatic heterocycles. The van der Waals surface area contributed by atoms with E-state index in [-0.39, 0.29) is 119 Å². The molecule has 21 nitrogen and oxygen atoms in total. The smallest absolute Gasteiger partial charge is 0.285 e. The van der Waals surface area contributed by atoms with Crippen LogP contribution in [0.1, 0.15) is 137 Å². The average Bonchev–Trinajstić information content (AvgIpc) is 0.730. The SMILES string of the molecule is C=CC(=O)N1C[C@H](C)N(C2=N[P@@](C)(=O)N(c3ccccc3C(C)(C)C)c3nc(-c4ccccc4F)c(Cl)cc32)C[C@H]1C.C=CC(=O)N1C[C@H](C)N(C2=N[P@](C)(=O)N(c3ccccc3C(C)(C)C)c3nc(-c4ccccc4F)c(Cl)cc32)C[C@H]1C.C=CC(=O)N1C[C@H](C)N(C2=N[P@](C)(=O)N(c3ccccc3C(C)(C)C)c3nc(-c4ccccc4F)c(Cl)cc32)C[C@H]1C. The van der Waals surface area contributed by atoms with Crippen LogP contribution in [0.25, 0.3) is 33.8 Å². The lowest BCUT2D eigenvalue weighted by Crippen LogP contribution is -2.59. The molecule has 9 heterocycles. The molecule has 0 aliphatic carbocycles. The highest BCUT2D eigenvalue weighted by Gasteiger charge is 2.48. The van der Waals surface area contributed by atoms with E-state index >= 15 is 13.2 Å². The standard InChI is InChI=1S/3C32H36ClFN5O2P/c3*1-8-28(40)37-18-21(3)38(19-20(37)2)31-23-17-25(33)29(22-13-9-11-15-26(22)34)35-30(23)39(42(7,41)36-31)27-16-12-10-14-24(27)32(4,5)6/h3*8-17,20-21H,1,18-19H2,2-7H3/t2*20-,21+,42+;20-,21+,42-/m111/s1. The fourth-order valence-electron chi connectivity index (χ4n) is 17.3. The first-order chi connectivity index (χ1) is 59.2. The Balaban J connectivity index is 0.000000162. The van der Waals surface area contributed by atoms with Crippen molar-refractivity contribution in [3.63, 3.8) is 0 Å². The number of hydrogen-bond acceptors (Lipinski definition) is 12. The van der Waals surface area contributed by atoms with Gasteiger partial charge in [-0.25, -0.2) is 28.1 Å². The van der Waals surface area contributed by atoms with Gasteiger partial charge < -0.3 is 29.4 Å². The molecule has 0 spiro atoms. The van der Waals surface area contributed by atoms with Crippen LogP contribution in [-0.2, 0) is 44.3 Å². The zero-order valence-corrected chi connectivity index (χ0v) is 79.4. The second kappa shape index (κ2) is 36.0. The summed E-state index contributed by atoms with van der Waals surface area (Å²) in [6.07, 6.45) is 3.97. The number of amides is 3. The maximum absolute atomic E-state index is 15.0.